The van der Waals surface area contributed by atoms with Crippen LogP contribution in [0.15, 0.2) is 24.3 Å². The fourth-order valence-corrected chi connectivity index (χ4v) is 1.47. The molecule has 1 rings (SSSR count). The van der Waals surface area contributed by atoms with E-state index in [-0.39, 0.29) is 12.0 Å². The molecule has 0 N–H and O–H groups in total. The molecule has 0 fully saturated rings. The molecular weight excluding hydrogens is 202 g/mol. The summed E-state index contributed by atoms with van der Waals surface area (Å²) in [6.45, 7) is 4.65. The van der Waals surface area contributed by atoms with Crippen molar-refractivity contribution in [2.24, 2.45) is 0 Å². The summed E-state index contributed by atoms with van der Waals surface area (Å²) in [4.78, 5) is 13.3. The summed E-state index contributed by atoms with van der Waals surface area (Å²) in [5, 5.41) is 0. The number of aryl methyl sites for hydroxylation is 1. The van der Waals surface area contributed by atoms with Crippen molar-refractivity contribution in [3.05, 3.63) is 35.4 Å². The van der Waals surface area contributed by atoms with Crippen LogP contribution in [-0.4, -0.2) is 31.1 Å². The van der Waals surface area contributed by atoms with Gasteiger partial charge in [0.15, 0.2) is 0 Å². The van der Waals surface area contributed by atoms with Crippen LogP contribution in [0.5, 0.6) is 0 Å². The second kappa shape index (κ2) is 5.66. The lowest BCUT2D eigenvalue weighted by Crippen LogP contribution is -2.36. The zero-order valence-electron chi connectivity index (χ0n) is 10.4. The molecule has 1 aromatic carbocycles. The van der Waals surface area contributed by atoms with Gasteiger partial charge in [-0.05, 0) is 26.5 Å². The molecule has 0 saturated carbocycles. The van der Waals surface area contributed by atoms with Gasteiger partial charge in [-0.3, -0.25) is 9.69 Å². The minimum atomic E-state index is -0.216. The van der Waals surface area contributed by atoms with E-state index in [1.807, 2.05) is 18.9 Å². The molecule has 0 bridgehead atoms. The average molecular weight is 221 g/mol. The van der Waals surface area contributed by atoms with Gasteiger partial charge in [0, 0.05) is 6.54 Å². The Bertz CT molecular complexity index is 345. The van der Waals surface area contributed by atoms with Gasteiger partial charge >= 0.3 is 5.97 Å². The highest BCUT2D eigenvalue weighted by Crippen LogP contribution is 2.08. The lowest BCUT2D eigenvalue weighted by molar-refractivity contribution is -0.145. The molecule has 88 valence electrons. The van der Waals surface area contributed by atoms with Crippen molar-refractivity contribution >= 4 is 5.97 Å². The number of rotatable bonds is 4. The number of methoxy groups -OCH3 is 1. The normalized spacial score (nSPS) is 12.6. The Morgan fingerprint density at radius 2 is 1.94 bits per heavy atom. The molecule has 0 spiro atoms. The quantitative estimate of drug-likeness (QED) is 0.728. The van der Waals surface area contributed by atoms with Crippen LogP contribution in [-0.2, 0) is 16.1 Å². The summed E-state index contributed by atoms with van der Waals surface area (Å²) in [7, 11) is 3.33. The maximum atomic E-state index is 11.3. The zero-order valence-corrected chi connectivity index (χ0v) is 10.4. The van der Waals surface area contributed by atoms with Gasteiger partial charge in [0.05, 0.1) is 7.11 Å². The maximum Gasteiger partial charge on any atom is 0.322 e. The smallest absolute Gasteiger partial charge is 0.322 e. The molecule has 1 aromatic rings. The van der Waals surface area contributed by atoms with Crippen molar-refractivity contribution in [1.29, 1.82) is 0 Å². The molecular formula is C13H19NO2. The van der Waals surface area contributed by atoms with Crippen LogP contribution in [0.4, 0.5) is 0 Å². The van der Waals surface area contributed by atoms with Crippen LogP contribution in [0.3, 0.4) is 0 Å². The van der Waals surface area contributed by atoms with Gasteiger partial charge in [-0.1, -0.05) is 29.8 Å². The van der Waals surface area contributed by atoms with E-state index < -0.39 is 0 Å². The first-order valence-corrected chi connectivity index (χ1v) is 5.38. The molecule has 0 aliphatic rings. The number of carbonyl (C=O) groups excluding carboxylic acids is 1. The van der Waals surface area contributed by atoms with E-state index in [1.165, 1.54) is 18.2 Å². The van der Waals surface area contributed by atoms with Crippen LogP contribution in [0.2, 0.25) is 0 Å². The van der Waals surface area contributed by atoms with E-state index in [9.17, 15) is 4.79 Å². The van der Waals surface area contributed by atoms with E-state index in [2.05, 4.69) is 31.2 Å². The second-order valence-corrected chi connectivity index (χ2v) is 4.10. The van der Waals surface area contributed by atoms with Crippen molar-refractivity contribution in [2.45, 2.75) is 26.4 Å². The summed E-state index contributed by atoms with van der Waals surface area (Å²) in [6.07, 6.45) is 0. The Balaban J connectivity index is 2.60. The predicted molar refractivity (Wildman–Crippen MR) is 64.1 cm³/mol. The number of nitrogens with zero attached hydrogens (tertiary/aromatic N) is 1. The molecule has 0 radical (unpaired) electrons. The average Bonchev–Trinajstić information content (AvgIpc) is 2.30. The summed E-state index contributed by atoms with van der Waals surface area (Å²) >= 11 is 0. The molecule has 0 heterocycles. The molecule has 0 unspecified atom stereocenters. The number of hydrogen-bond acceptors (Lipinski definition) is 3. The van der Waals surface area contributed by atoms with E-state index >= 15 is 0 Å². The van der Waals surface area contributed by atoms with E-state index in [0.29, 0.717) is 0 Å². The van der Waals surface area contributed by atoms with Crippen molar-refractivity contribution in [3.8, 4) is 0 Å². The molecule has 16 heavy (non-hydrogen) atoms. The number of benzene rings is 1. The molecule has 0 saturated heterocycles. The number of carbonyl (C=O) groups is 1. The van der Waals surface area contributed by atoms with Crippen LogP contribution in [0.1, 0.15) is 18.1 Å². The number of ether oxygens (including phenoxy) is 1. The highest BCUT2D eigenvalue weighted by Gasteiger charge is 2.18. The van der Waals surface area contributed by atoms with Gasteiger partial charge in [-0.25, -0.2) is 0 Å². The Morgan fingerprint density at radius 1 is 1.38 bits per heavy atom. The standard InChI is InChI=1S/C13H19NO2/c1-10-5-7-12(8-6-10)9-14(3)11(2)13(15)16-4/h5-8,11H,9H2,1-4H3/t11-/m0/s1. The predicted octanol–water partition coefficient (Wildman–Crippen LogP) is 1.99. The number of likely N-dealkylation sites (N-methyl/N-ethyl adjacent to an activating group) is 1. The van der Waals surface area contributed by atoms with Gasteiger partial charge in [0.2, 0.25) is 0 Å². The molecule has 0 aliphatic carbocycles. The fourth-order valence-electron chi connectivity index (χ4n) is 1.47. The summed E-state index contributed by atoms with van der Waals surface area (Å²) in [5.74, 6) is -0.199. The lowest BCUT2D eigenvalue weighted by Gasteiger charge is -2.22. The van der Waals surface area contributed by atoms with Gasteiger partial charge in [0.1, 0.15) is 6.04 Å². The van der Waals surface area contributed by atoms with Gasteiger partial charge < -0.3 is 4.74 Å². The Kier molecular flexibility index (Phi) is 4.50. The summed E-state index contributed by atoms with van der Waals surface area (Å²) in [6, 6.07) is 8.09. The molecule has 0 aliphatic heterocycles. The lowest BCUT2D eigenvalue weighted by atomic mass is 10.1. The maximum absolute atomic E-state index is 11.3. The van der Waals surface area contributed by atoms with Crippen LogP contribution in [0, 0.1) is 6.92 Å². The monoisotopic (exact) mass is 221 g/mol. The van der Waals surface area contributed by atoms with Crippen molar-refractivity contribution in [1.82, 2.24) is 4.90 Å². The summed E-state index contributed by atoms with van der Waals surface area (Å²) in [5.41, 5.74) is 2.44. The Morgan fingerprint density at radius 3 is 2.44 bits per heavy atom. The van der Waals surface area contributed by atoms with E-state index in [1.54, 1.807) is 0 Å². The molecule has 0 amide bonds. The largest absolute Gasteiger partial charge is 0.468 e. The van der Waals surface area contributed by atoms with E-state index in [0.717, 1.165) is 6.54 Å². The summed E-state index contributed by atoms with van der Waals surface area (Å²) < 4.78 is 4.71. The van der Waals surface area contributed by atoms with Crippen molar-refractivity contribution in [3.63, 3.8) is 0 Å². The Labute approximate surface area is 97.0 Å². The van der Waals surface area contributed by atoms with E-state index in [4.69, 9.17) is 4.74 Å². The third-order valence-electron chi connectivity index (χ3n) is 2.76. The molecule has 0 aromatic heterocycles. The van der Waals surface area contributed by atoms with Crippen LogP contribution >= 0.6 is 0 Å². The molecule has 3 heteroatoms. The van der Waals surface area contributed by atoms with Crippen molar-refractivity contribution in [2.75, 3.05) is 14.2 Å². The van der Waals surface area contributed by atoms with Gasteiger partial charge in [-0.15, -0.1) is 0 Å². The third-order valence-corrected chi connectivity index (χ3v) is 2.76. The zero-order chi connectivity index (χ0) is 12.1. The highest BCUT2D eigenvalue weighted by molar-refractivity contribution is 5.75. The molecule has 3 nitrogen and oxygen atoms in total. The highest BCUT2D eigenvalue weighted by atomic mass is 16.5. The van der Waals surface area contributed by atoms with Gasteiger partial charge in [0.25, 0.3) is 0 Å². The Hall–Kier alpha value is -1.35. The van der Waals surface area contributed by atoms with Gasteiger partial charge in [-0.2, -0.15) is 0 Å². The second-order valence-electron chi connectivity index (χ2n) is 4.10. The molecule has 1 atom stereocenters. The SMILES string of the molecule is COC(=O)[C@H](C)N(C)Cc1ccc(C)cc1. The first kappa shape index (κ1) is 12.7. The minimum absolute atomic E-state index is 0.199. The first-order chi connectivity index (χ1) is 7.54. The third kappa shape index (κ3) is 3.35. The minimum Gasteiger partial charge on any atom is -0.468 e. The number of esters is 1. The van der Waals surface area contributed by atoms with Crippen molar-refractivity contribution < 1.29 is 9.53 Å². The topological polar surface area (TPSA) is 29.5 Å². The fraction of sp³-hybridized carbons (Fsp3) is 0.462. The number of hydrogen-bond donors (Lipinski definition) is 0. The van der Waals surface area contributed by atoms with Crippen LogP contribution in [0.25, 0.3) is 0 Å². The first-order valence-electron chi connectivity index (χ1n) is 5.38. The van der Waals surface area contributed by atoms with Crippen LogP contribution < -0.4 is 0 Å².